The van der Waals surface area contributed by atoms with E-state index in [1.54, 1.807) is 11.6 Å². The van der Waals surface area contributed by atoms with Crippen LogP contribution in [0.5, 0.6) is 0 Å². The molecule has 3 rings (SSSR count). The minimum absolute atomic E-state index is 0.0788. The van der Waals surface area contributed by atoms with Crippen molar-refractivity contribution in [1.29, 1.82) is 0 Å². The molecule has 24 heavy (non-hydrogen) atoms. The Morgan fingerprint density at radius 2 is 1.96 bits per heavy atom. The van der Waals surface area contributed by atoms with E-state index in [4.69, 9.17) is 0 Å². The third-order valence-electron chi connectivity index (χ3n) is 5.66. The highest BCUT2D eigenvalue weighted by atomic mass is 19.1. The number of halogens is 1. The zero-order chi connectivity index (χ0) is 16.8. The molecular weight excluding hydrogens is 297 g/mol. The van der Waals surface area contributed by atoms with Crippen LogP contribution in [0.1, 0.15) is 56.1 Å². The molecule has 2 heteroatoms. The summed E-state index contributed by atoms with van der Waals surface area (Å²) in [6, 6.07) is 6.09. The molecule has 1 N–H and O–H groups in total. The van der Waals surface area contributed by atoms with E-state index in [0.29, 0.717) is 6.04 Å². The molecule has 1 fully saturated rings. The Labute approximate surface area is 146 Å². The van der Waals surface area contributed by atoms with Gasteiger partial charge in [0.1, 0.15) is 5.82 Å². The lowest BCUT2D eigenvalue weighted by atomic mass is 9.80. The summed E-state index contributed by atoms with van der Waals surface area (Å²) in [6.07, 6.45) is 16.8. The van der Waals surface area contributed by atoms with Gasteiger partial charge < -0.3 is 5.32 Å². The quantitative estimate of drug-likeness (QED) is 0.681. The fraction of sp³-hybridized carbons (Fsp3) is 0.545. The lowest BCUT2D eigenvalue weighted by molar-refractivity contribution is 0.320. The highest BCUT2D eigenvalue weighted by Gasteiger charge is 2.22. The second-order valence-corrected chi connectivity index (χ2v) is 7.31. The summed E-state index contributed by atoms with van der Waals surface area (Å²) in [5, 5.41) is 3.72. The predicted molar refractivity (Wildman–Crippen MR) is 99.7 cm³/mol. The number of hydrogen-bond acceptors (Lipinski definition) is 1. The van der Waals surface area contributed by atoms with Gasteiger partial charge in [0.05, 0.1) is 0 Å². The summed E-state index contributed by atoms with van der Waals surface area (Å²) in [5.41, 5.74) is 3.55. The van der Waals surface area contributed by atoms with Gasteiger partial charge in [-0.2, -0.15) is 0 Å². The molecule has 1 aromatic rings. The van der Waals surface area contributed by atoms with E-state index in [-0.39, 0.29) is 5.82 Å². The van der Waals surface area contributed by atoms with Crippen LogP contribution in [-0.4, -0.2) is 12.6 Å². The molecule has 0 heterocycles. The van der Waals surface area contributed by atoms with Gasteiger partial charge >= 0.3 is 0 Å². The number of allylic oxidation sites excluding steroid dienone is 4. The monoisotopic (exact) mass is 327 g/mol. The van der Waals surface area contributed by atoms with E-state index in [1.807, 2.05) is 13.0 Å². The SMILES string of the molecule is Cc1c(F)cccc1CCCNC1CCC(C2=CCCC=C2)CC1. The lowest BCUT2D eigenvalue weighted by Crippen LogP contribution is -2.34. The molecule has 1 nitrogen and oxygen atoms in total. The highest BCUT2D eigenvalue weighted by Crippen LogP contribution is 2.32. The number of aryl methyl sites for hydroxylation is 1. The van der Waals surface area contributed by atoms with Crippen LogP contribution in [0.15, 0.2) is 42.0 Å². The number of hydrogen-bond donors (Lipinski definition) is 1. The molecule has 1 saturated carbocycles. The fourth-order valence-electron chi connectivity index (χ4n) is 4.08. The largest absolute Gasteiger partial charge is 0.314 e. The van der Waals surface area contributed by atoms with E-state index in [1.165, 1.54) is 38.5 Å². The van der Waals surface area contributed by atoms with Gasteiger partial charge in [-0.1, -0.05) is 30.4 Å². The van der Waals surface area contributed by atoms with Crippen molar-refractivity contribution in [2.75, 3.05) is 6.54 Å². The summed E-state index contributed by atoms with van der Waals surface area (Å²) in [7, 11) is 0. The maximum absolute atomic E-state index is 13.5. The van der Waals surface area contributed by atoms with Gasteiger partial charge in [-0.05, 0) is 93.5 Å². The Balaban J connectivity index is 1.36. The fourth-order valence-corrected chi connectivity index (χ4v) is 4.08. The van der Waals surface area contributed by atoms with Crippen molar-refractivity contribution < 1.29 is 4.39 Å². The smallest absolute Gasteiger partial charge is 0.126 e. The molecule has 2 aliphatic carbocycles. The van der Waals surface area contributed by atoms with Crippen molar-refractivity contribution in [2.45, 2.75) is 64.3 Å². The van der Waals surface area contributed by atoms with Crippen molar-refractivity contribution in [2.24, 2.45) is 5.92 Å². The molecule has 0 bridgehead atoms. The van der Waals surface area contributed by atoms with Gasteiger partial charge in [-0.15, -0.1) is 0 Å². The number of rotatable bonds is 6. The van der Waals surface area contributed by atoms with Gasteiger partial charge in [-0.3, -0.25) is 0 Å². The summed E-state index contributed by atoms with van der Waals surface area (Å²) < 4.78 is 13.5. The van der Waals surface area contributed by atoms with Crippen LogP contribution in [0.4, 0.5) is 4.39 Å². The summed E-state index contributed by atoms with van der Waals surface area (Å²) >= 11 is 0. The second kappa shape index (κ2) is 8.62. The molecule has 2 aliphatic rings. The van der Waals surface area contributed by atoms with Gasteiger partial charge in [0, 0.05) is 6.04 Å². The molecule has 0 radical (unpaired) electrons. The maximum Gasteiger partial charge on any atom is 0.126 e. The van der Waals surface area contributed by atoms with Gasteiger partial charge in [0.25, 0.3) is 0 Å². The Morgan fingerprint density at radius 3 is 2.71 bits per heavy atom. The topological polar surface area (TPSA) is 12.0 Å². The Hall–Kier alpha value is -1.41. The summed E-state index contributed by atoms with van der Waals surface area (Å²) in [5.74, 6) is 0.708. The molecule has 0 aromatic heterocycles. The minimum Gasteiger partial charge on any atom is -0.314 e. The predicted octanol–water partition coefficient (Wildman–Crippen LogP) is 5.49. The second-order valence-electron chi connectivity index (χ2n) is 7.31. The normalized spacial score (nSPS) is 24.0. The minimum atomic E-state index is -0.0788. The third kappa shape index (κ3) is 4.57. The van der Waals surface area contributed by atoms with Crippen molar-refractivity contribution in [1.82, 2.24) is 5.32 Å². The summed E-state index contributed by atoms with van der Waals surface area (Å²) in [6.45, 7) is 2.92. The molecule has 1 aromatic carbocycles. The first-order valence-corrected chi connectivity index (χ1v) is 9.58. The van der Waals surface area contributed by atoms with Crippen molar-refractivity contribution in [3.8, 4) is 0 Å². The Bertz CT molecular complexity index is 594. The molecule has 0 atom stereocenters. The third-order valence-corrected chi connectivity index (χ3v) is 5.66. The van der Waals surface area contributed by atoms with Crippen molar-refractivity contribution in [3.05, 3.63) is 58.9 Å². The molecule has 130 valence electrons. The van der Waals surface area contributed by atoms with E-state index < -0.39 is 0 Å². The van der Waals surface area contributed by atoms with E-state index in [9.17, 15) is 4.39 Å². The van der Waals surface area contributed by atoms with E-state index in [2.05, 4.69) is 29.6 Å². The first-order valence-electron chi connectivity index (χ1n) is 9.58. The standard InChI is InChI=1S/C22H30FN/c1-17-18(9-5-11-22(17)23)10-6-16-24-21-14-12-20(13-15-21)19-7-3-2-4-8-19/h3,5,7-9,11,20-21,24H,2,4,6,10,12-16H2,1H3. The first-order chi connectivity index (χ1) is 11.7. The number of benzene rings is 1. The van der Waals surface area contributed by atoms with E-state index >= 15 is 0 Å². The first kappa shape index (κ1) is 17.4. The van der Waals surface area contributed by atoms with E-state index in [0.717, 1.165) is 36.4 Å². The average Bonchev–Trinajstić information content (AvgIpc) is 2.63. The van der Waals surface area contributed by atoms with Gasteiger partial charge in [0.2, 0.25) is 0 Å². The van der Waals surface area contributed by atoms with Gasteiger partial charge in [0.15, 0.2) is 0 Å². The van der Waals surface area contributed by atoms with Crippen LogP contribution in [-0.2, 0) is 6.42 Å². The highest BCUT2D eigenvalue weighted by molar-refractivity contribution is 5.27. The van der Waals surface area contributed by atoms with Crippen molar-refractivity contribution in [3.63, 3.8) is 0 Å². The van der Waals surface area contributed by atoms with Crippen LogP contribution in [0.2, 0.25) is 0 Å². The molecule has 0 saturated heterocycles. The zero-order valence-electron chi connectivity index (χ0n) is 14.9. The van der Waals surface area contributed by atoms with Crippen LogP contribution >= 0.6 is 0 Å². The van der Waals surface area contributed by atoms with Crippen LogP contribution in [0, 0.1) is 18.7 Å². The molecule has 0 spiro atoms. The molecule has 0 aliphatic heterocycles. The molecular formula is C22H30FN. The van der Waals surface area contributed by atoms with Crippen LogP contribution in [0.3, 0.4) is 0 Å². The zero-order valence-corrected chi connectivity index (χ0v) is 14.9. The van der Waals surface area contributed by atoms with Crippen LogP contribution in [0.25, 0.3) is 0 Å². The Morgan fingerprint density at radius 1 is 1.12 bits per heavy atom. The average molecular weight is 327 g/mol. The Kier molecular flexibility index (Phi) is 6.25. The lowest BCUT2D eigenvalue weighted by Gasteiger charge is -2.30. The van der Waals surface area contributed by atoms with Gasteiger partial charge in [-0.25, -0.2) is 4.39 Å². The van der Waals surface area contributed by atoms with Crippen LogP contribution < -0.4 is 5.32 Å². The summed E-state index contributed by atoms with van der Waals surface area (Å²) in [4.78, 5) is 0. The molecule has 0 unspecified atom stereocenters. The van der Waals surface area contributed by atoms with Crippen molar-refractivity contribution >= 4 is 0 Å². The number of nitrogens with one attached hydrogen (secondary N) is 1. The maximum atomic E-state index is 13.5. The molecule has 0 amide bonds.